The number of aliphatic imine (C=N–C) groups is 2. The van der Waals surface area contributed by atoms with Crippen molar-refractivity contribution in [3.8, 4) is 11.8 Å². The minimum atomic E-state index is 0. The first-order valence-corrected chi connectivity index (χ1v) is 23.2. The van der Waals surface area contributed by atoms with Crippen molar-refractivity contribution < 1.29 is 20.4 Å². The van der Waals surface area contributed by atoms with E-state index in [-0.39, 0.29) is 20.4 Å². The van der Waals surface area contributed by atoms with Crippen LogP contribution < -0.4 is 0 Å². The molecular weight excluding hydrogens is 759 g/mol. The van der Waals surface area contributed by atoms with E-state index in [0.717, 1.165) is 66.9 Å². The summed E-state index contributed by atoms with van der Waals surface area (Å²) in [5.74, 6) is 6.92. The topological polar surface area (TPSA) is 24.7 Å². The van der Waals surface area contributed by atoms with Gasteiger partial charge in [-0.3, -0.25) is 4.99 Å². The molecule has 2 nitrogen and oxygen atoms in total. The van der Waals surface area contributed by atoms with Gasteiger partial charge in [-0.05, 0) is 105 Å². The molecule has 0 spiro atoms. The fourth-order valence-electron chi connectivity index (χ4n) is 7.11. The number of benzene rings is 2. The van der Waals surface area contributed by atoms with Gasteiger partial charge in [-0.15, -0.1) is 0 Å². The van der Waals surface area contributed by atoms with Gasteiger partial charge in [-0.2, -0.15) is 0 Å². The summed E-state index contributed by atoms with van der Waals surface area (Å²) in [6.45, 7) is 11.5. The van der Waals surface area contributed by atoms with Gasteiger partial charge in [0.1, 0.15) is 0 Å². The zero-order chi connectivity index (χ0) is 38.7. The van der Waals surface area contributed by atoms with E-state index in [9.17, 15) is 0 Å². The first-order chi connectivity index (χ1) is 26.6. The Hall–Kier alpha value is -2.26. The summed E-state index contributed by atoms with van der Waals surface area (Å²) >= 11 is 0. The monoisotopic (exact) mass is 841 g/mol. The van der Waals surface area contributed by atoms with Crippen LogP contribution in [-0.2, 0) is 33.3 Å². The molecule has 0 aliphatic rings. The van der Waals surface area contributed by atoms with Crippen molar-refractivity contribution >= 4 is 22.8 Å². The van der Waals surface area contributed by atoms with Gasteiger partial charge in [0, 0.05) is 32.4 Å². The minimum Gasteiger partial charge on any atom is -0.251 e. The second-order valence-corrected chi connectivity index (χ2v) is 15.8. The number of hydrogen-bond donors (Lipinski definition) is 0. The molecule has 0 saturated heterocycles. The molecule has 2 aromatic rings. The summed E-state index contributed by atoms with van der Waals surface area (Å²) in [5, 5.41) is 0. The molecule has 0 amide bonds. The molecule has 0 fully saturated rings. The summed E-state index contributed by atoms with van der Waals surface area (Å²) in [6.07, 6.45) is 41.0. The van der Waals surface area contributed by atoms with E-state index in [0.29, 0.717) is 0 Å². The normalized spacial score (nSPS) is 11.9. The maximum absolute atomic E-state index is 5.48. The zero-order valence-corrected chi connectivity index (χ0v) is 38.0. The fourth-order valence-corrected chi connectivity index (χ4v) is 7.11. The van der Waals surface area contributed by atoms with Crippen LogP contribution >= 0.6 is 0 Å². The molecule has 2 aromatic carbocycles. The smallest absolute Gasteiger partial charge is 0.0848 e. The summed E-state index contributed by atoms with van der Waals surface area (Å²) in [4.78, 5) is 10.9. The Balaban J connectivity index is 0.0000151. The standard InChI is InChI=1S/C52H82N2.Pd/c1-6-11-16-18-20-22-24-25-27-32-35-46-38-34-39-49(43-46)53-51(40-31-15-10-5)52(41-33-28-26-23-21-19-17-12-7-2)54-50-44-47(36-29-13-8-3)42-48(45-50)37-30-14-9-4;/h33-34,38-39,41-45H,6-31,36-37,40H2,1-5H3;/b41-33+,53-51?,54-52?;. The van der Waals surface area contributed by atoms with Crippen molar-refractivity contribution in [2.24, 2.45) is 9.98 Å². The van der Waals surface area contributed by atoms with E-state index in [4.69, 9.17) is 9.98 Å². The quantitative estimate of drug-likeness (QED) is 0.0303. The predicted octanol–water partition coefficient (Wildman–Crippen LogP) is 17.2. The van der Waals surface area contributed by atoms with Crippen LogP contribution in [0.1, 0.15) is 225 Å². The summed E-state index contributed by atoms with van der Waals surface area (Å²) in [6, 6.07) is 15.8. The Morgan fingerprint density at radius 2 is 1.05 bits per heavy atom. The van der Waals surface area contributed by atoms with Gasteiger partial charge in [0.2, 0.25) is 0 Å². The molecule has 3 heteroatoms. The third-order valence-corrected chi connectivity index (χ3v) is 10.5. The first-order valence-electron chi connectivity index (χ1n) is 23.2. The number of allylic oxidation sites excluding steroid dienone is 2. The molecule has 0 bridgehead atoms. The van der Waals surface area contributed by atoms with Crippen LogP contribution in [0.3, 0.4) is 0 Å². The van der Waals surface area contributed by atoms with E-state index >= 15 is 0 Å². The minimum absolute atomic E-state index is 0. The average molecular weight is 842 g/mol. The molecule has 310 valence electrons. The molecule has 2 rings (SSSR count). The third kappa shape index (κ3) is 26.3. The molecule has 0 atom stereocenters. The number of unbranched alkanes of at least 4 members (excludes halogenated alkanes) is 21. The van der Waals surface area contributed by atoms with Crippen molar-refractivity contribution in [1.82, 2.24) is 0 Å². The van der Waals surface area contributed by atoms with Gasteiger partial charge < -0.3 is 0 Å². The Morgan fingerprint density at radius 3 is 1.65 bits per heavy atom. The second kappa shape index (κ2) is 36.1. The van der Waals surface area contributed by atoms with Gasteiger partial charge >= 0.3 is 0 Å². The SMILES string of the molecule is CCCCCCCCC/C=C/C(=Nc1cc(CCCCC)cc(CCCCC)c1)C(CCCCC)=Nc1cccc(C#CCCCCCCCCCC)c1.[Pd]. The van der Waals surface area contributed by atoms with E-state index < -0.39 is 0 Å². The molecule has 55 heavy (non-hydrogen) atoms. The predicted molar refractivity (Wildman–Crippen MR) is 244 cm³/mol. The fraction of sp³-hybridized carbons (Fsp3) is 0.654. The third-order valence-electron chi connectivity index (χ3n) is 10.5. The van der Waals surface area contributed by atoms with Gasteiger partial charge in [0.25, 0.3) is 0 Å². The van der Waals surface area contributed by atoms with Crippen LogP contribution in [0.5, 0.6) is 0 Å². The van der Waals surface area contributed by atoms with Gasteiger partial charge in [0.05, 0.1) is 22.8 Å². The maximum atomic E-state index is 5.48. The summed E-state index contributed by atoms with van der Waals surface area (Å²) in [5.41, 5.74) is 8.15. The van der Waals surface area contributed by atoms with Crippen LogP contribution in [0.15, 0.2) is 64.6 Å². The Morgan fingerprint density at radius 1 is 0.527 bits per heavy atom. The Kier molecular flexibility index (Phi) is 33.3. The summed E-state index contributed by atoms with van der Waals surface area (Å²) < 4.78 is 0. The Labute approximate surface area is 355 Å². The average Bonchev–Trinajstić information content (AvgIpc) is 3.17. The Bertz CT molecular complexity index is 1350. The van der Waals surface area contributed by atoms with E-state index in [2.05, 4.69) is 101 Å². The number of hydrogen-bond acceptors (Lipinski definition) is 2. The van der Waals surface area contributed by atoms with Crippen LogP contribution in [-0.4, -0.2) is 11.4 Å². The van der Waals surface area contributed by atoms with Crippen molar-refractivity contribution in [2.75, 3.05) is 0 Å². The summed E-state index contributed by atoms with van der Waals surface area (Å²) in [7, 11) is 0. The first kappa shape index (κ1) is 50.8. The number of aryl methyl sites for hydroxylation is 2. The van der Waals surface area contributed by atoms with Gasteiger partial charge in [-0.25, -0.2) is 4.99 Å². The van der Waals surface area contributed by atoms with E-state index in [1.165, 1.54) is 159 Å². The van der Waals surface area contributed by atoms with Crippen LogP contribution in [0.4, 0.5) is 11.4 Å². The van der Waals surface area contributed by atoms with Gasteiger partial charge in [-0.1, -0.05) is 187 Å². The number of rotatable bonds is 32. The van der Waals surface area contributed by atoms with Crippen molar-refractivity contribution in [3.63, 3.8) is 0 Å². The van der Waals surface area contributed by atoms with Gasteiger partial charge in [0.15, 0.2) is 0 Å². The maximum Gasteiger partial charge on any atom is 0.0848 e. The zero-order valence-electron chi connectivity index (χ0n) is 36.4. The van der Waals surface area contributed by atoms with Crippen LogP contribution in [0.25, 0.3) is 0 Å². The molecule has 0 heterocycles. The van der Waals surface area contributed by atoms with E-state index in [1.54, 1.807) is 0 Å². The molecule has 0 aliphatic heterocycles. The van der Waals surface area contributed by atoms with Crippen LogP contribution in [0, 0.1) is 11.8 Å². The van der Waals surface area contributed by atoms with Crippen molar-refractivity contribution in [1.29, 1.82) is 0 Å². The van der Waals surface area contributed by atoms with E-state index in [1.807, 2.05) is 0 Å². The molecular formula is C52H82N2Pd. The molecule has 0 N–H and O–H groups in total. The molecule has 0 saturated carbocycles. The molecule has 0 aliphatic carbocycles. The molecule has 0 unspecified atom stereocenters. The van der Waals surface area contributed by atoms with Crippen molar-refractivity contribution in [3.05, 3.63) is 71.3 Å². The molecule has 0 radical (unpaired) electrons. The largest absolute Gasteiger partial charge is 0.251 e. The number of nitrogens with zero attached hydrogens (tertiary/aromatic N) is 2. The van der Waals surface area contributed by atoms with Crippen molar-refractivity contribution in [2.45, 2.75) is 221 Å². The second-order valence-electron chi connectivity index (χ2n) is 15.8. The van der Waals surface area contributed by atoms with Crippen LogP contribution in [0.2, 0.25) is 0 Å². The molecule has 0 aromatic heterocycles.